The topological polar surface area (TPSA) is 148 Å². The number of nitriles is 1. The lowest BCUT2D eigenvalue weighted by Gasteiger charge is -2.33. The smallest absolute Gasteiger partial charge is 0.331 e. The van der Waals surface area contributed by atoms with E-state index in [-0.39, 0.29) is 36.0 Å². The van der Waals surface area contributed by atoms with Gasteiger partial charge in [0.05, 0.1) is 28.5 Å². The summed E-state index contributed by atoms with van der Waals surface area (Å²) in [5, 5.41) is 16.5. The van der Waals surface area contributed by atoms with Crippen molar-refractivity contribution in [3.05, 3.63) is 82.9 Å². The molecule has 2 N–H and O–H groups in total. The molecule has 13 heteroatoms. The molecule has 254 valence electrons. The number of amides is 5. The molecule has 0 radical (unpaired) electrons. The van der Waals surface area contributed by atoms with Gasteiger partial charge in [-0.25, -0.2) is 9.78 Å². The molecule has 2 aromatic carbocycles. The lowest BCUT2D eigenvalue weighted by molar-refractivity contribution is -0.130. The summed E-state index contributed by atoms with van der Waals surface area (Å²) in [5.41, 5.74) is 2.50. The second-order valence-electron chi connectivity index (χ2n) is 12.6. The third-order valence-electron chi connectivity index (χ3n) is 9.30. The van der Waals surface area contributed by atoms with Gasteiger partial charge in [-0.15, -0.1) is 11.3 Å². The zero-order chi connectivity index (χ0) is 34.9. The van der Waals surface area contributed by atoms with Crippen LogP contribution in [0.15, 0.2) is 72.4 Å². The van der Waals surface area contributed by atoms with Gasteiger partial charge in [-0.2, -0.15) is 5.26 Å². The minimum absolute atomic E-state index is 0.00327. The predicted octanol–water partition coefficient (Wildman–Crippen LogP) is 6.26. The number of nitrogens with one attached hydrogen (secondary N) is 2. The van der Waals surface area contributed by atoms with Crippen LogP contribution >= 0.6 is 11.3 Å². The van der Waals surface area contributed by atoms with E-state index >= 15 is 0 Å². The van der Waals surface area contributed by atoms with Crippen LogP contribution in [-0.2, 0) is 9.59 Å². The number of nitrogens with zero attached hydrogens (tertiary/aromatic N) is 5. The van der Waals surface area contributed by atoms with Crippen molar-refractivity contribution in [2.75, 3.05) is 29.9 Å². The minimum atomic E-state index is -0.409. The van der Waals surface area contributed by atoms with Crippen molar-refractivity contribution in [1.29, 1.82) is 5.26 Å². The second-order valence-corrected chi connectivity index (χ2v) is 13.6. The van der Waals surface area contributed by atoms with Gasteiger partial charge >= 0.3 is 6.03 Å². The number of para-hydroxylation sites is 1. The molecule has 4 aromatic rings. The molecule has 2 unspecified atom stereocenters. The molecule has 7 rings (SSSR count). The van der Waals surface area contributed by atoms with Gasteiger partial charge in [0.25, 0.3) is 11.8 Å². The van der Waals surface area contributed by atoms with Gasteiger partial charge in [-0.1, -0.05) is 18.2 Å². The maximum atomic E-state index is 13.8. The van der Waals surface area contributed by atoms with Crippen LogP contribution in [-0.4, -0.2) is 70.3 Å². The summed E-state index contributed by atoms with van der Waals surface area (Å²) < 4.78 is 5.99. The number of hydrogen-bond donors (Lipinski definition) is 2. The van der Waals surface area contributed by atoms with Crippen LogP contribution in [0.2, 0.25) is 0 Å². The molecular weight excluding hydrogens is 655 g/mol. The van der Waals surface area contributed by atoms with Crippen molar-refractivity contribution in [2.24, 2.45) is 0 Å². The van der Waals surface area contributed by atoms with Crippen LogP contribution in [0.4, 0.5) is 21.9 Å². The minimum Gasteiger partial charge on any atom is -0.457 e. The zero-order valence-electron chi connectivity index (χ0n) is 27.6. The third kappa shape index (κ3) is 6.25. The first-order chi connectivity index (χ1) is 24.2. The Balaban J connectivity index is 1.09. The van der Waals surface area contributed by atoms with Crippen LogP contribution in [0, 0.1) is 18.3 Å². The number of urea groups is 1. The number of likely N-dealkylation sites (tertiary alicyclic amines) is 2. The maximum Gasteiger partial charge on any atom is 0.331 e. The van der Waals surface area contributed by atoms with Gasteiger partial charge in [-0.3, -0.25) is 19.3 Å². The summed E-state index contributed by atoms with van der Waals surface area (Å²) >= 11 is 1.19. The van der Waals surface area contributed by atoms with Crippen molar-refractivity contribution >= 4 is 62.4 Å². The van der Waals surface area contributed by atoms with Gasteiger partial charge in [0.2, 0.25) is 5.91 Å². The van der Waals surface area contributed by atoms with E-state index in [9.17, 15) is 24.4 Å². The lowest BCUT2D eigenvalue weighted by atomic mass is 10.0. The fourth-order valence-electron chi connectivity index (χ4n) is 6.96. The van der Waals surface area contributed by atoms with Gasteiger partial charge in [0.1, 0.15) is 32.8 Å². The summed E-state index contributed by atoms with van der Waals surface area (Å²) in [6.07, 6.45) is 6.04. The number of pyridine rings is 1. The maximum absolute atomic E-state index is 13.8. The van der Waals surface area contributed by atoms with Gasteiger partial charge < -0.3 is 25.2 Å². The number of piperidine rings is 1. The van der Waals surface area contributed by atoms with E-state index in [0.717, 1.165) is 12.0 Å². The van der Waals surface area contributed by atoms with E-state index in [1.54, 1.807) is 33.0 Å². The number of carbonyl (C=O) groups excluding carboxylic acids is 4. The van der Waals surface area contributed by atoms with Crippen LogP contribution < -0.4 is 20.3 Å². The number of anilines is 3. The van der Waals surface area contributed by atoms with E-state index in [1.165, 1.54) is 18.3 Å². The monoisotopic (exact) mass is 689 g/mol. The Morgan fingerprint density at radius 3 is 2.62 bits per heavy atom. The largest absolute Gasteiger partial charge is 0.457 e. The highest BCUT2D eigenvalue weighted by Crippen LogP contribution is 2.46. The summed E-state index contributed by atoms with van der Waals surface area (Å²) in [4.78, 5) is 63.2. The first kappa shape index (κ1) is 32.8. The number of carbonyl (C=O) groups is 4. The average Bonchev–Trinajstić information content (AvgIpc) is 3.74. The SMILES string of the molecule is CC(=O)N1CCCC1/C=C(\C#N)C(=O)N1CCCC(NC(=O)c2sc3nccc4c3c2NC(=O)N4c2ccc(Oc3ccccc3)cc2C)C1. The highest BCUT2D eigenvalue weighted by atomic mass is 32.1. The summed E-state index contributed by atoms with van der Waals surface area (Å²) in [6, 6.07) is 17.7. The Bertz CT molecular complexity index is 2090. The zero-order valence-corrected chi connectivity index (χ0v) is 28.5. The molecule has 5 amide bonds. The van der Waals surface area contributed by atoms with Crippen molar-refractivity contribution in [2.45, 2.75) is 51.6 Å². The summed E-state index contributed by atoms with van der Waals surface area (Å²) in [6.45, 7) is 4.69. The van der Waals surface area contributed by atoms with E-state index in [1.807, 2.05) is 61.5 Å². The Labute approximate surface area is 292 Å². The number of thiophene rings is 1. The van der Waals surface area contributed by atoms with Crippen molar-refractivity contribution < 1.29 is 23.9 Å². The van der Waals surface area contributed by atoms with Crippen LogP contribution in [0.3, 0.4) is 0 Å². The van der Waals surface area contributed by atoms with E-state index in [2.05, 4.69) is 15.6 Å². The van der Waals surface area contributed by atoms with Crippen molar-refractivity contribution in [3.8, 4) is 17.6 Å². The molecule has 2 saturated heterocycles. The molecule has 5 heterocycles. The van der Waals surface area contributed by atoms with Gasteiger partial charge in [-0.05, 0) is 80.6 Å². The quantitative estimate of drug-likeness (QED) is 0.172. The predicted molar refractivity (Wildman–Crippen MR) is 190 cm³/mol. The number of aromatic nitrogens is 1. The van der Waals surface area contributed by atoms with Crippen LogP contribution in [0.5, 0.6) is 11.5 Å². The molecule has 50 heavy (non-hydrogen) atoms. The average molecular weight is 690 g/mol. The van der Waals surface area contributed by atoms with Gasteiger partial charge in [0, 0.05) is 38.8 Å². The van der Waals surface area contributed by atoms with Crippen molar-refractivity contribution in [3.63, 3.8) is 0 Å². The standard InChI is InChI=1S/C37H35N7O5S/c1-22-18-28(49-27-10-4-3-5-11-27)12-13-29(22)44-30-14-15-39-35-31(30)32(41-37(44)48)33(50-35)34(46)40-25-8-6-16-42(21-25)36(47)24(20-38)19-26-9-7-17-43(26)23(2)45/h3-5,10-15,18-19,25-26H,6-9,16-17,21H2,1-2H3,(H,40,46)(H,41,48)/b24-19+. The van der Waals surface area contributed by atoms with Crippen molar-refractivity contribution in [1.82, 2.24) is 20.1 Å². The number of aryl methyl sites for hydroxylation is 1. The molecule has 0 bridgehead atoms. The third-order valence-corrected chi connectivity index (χ3v) is 10.4. The normalized spacial score (nSPS) is 18.9. The molecule has 2 fully saturated rings. The number of rotatable bonds is 7. The van der Waals surface area contributed by atoms with E-state index < -0.39 is 11.9 Å². The van der Waals surface area contributed by atoms with Gasteiger partial charge in [0.15, 0.2) is 0 Å². The highest BCUT2D eigenvalue weighted by molar-refractivity contribution is 7.21. The lowest BCUT2D eigenvalue weighted by Crippen LogP contribution is -2.50. The molecule has 0 spiro atoms. The Kier molecular flexibility index (Phi) is 8.95. The Morgan fingerprint density at radius 1 is 1.06 bits per heavy atom. The first-order valence-electron chi connectivity index (χ1n) is 16.6. The second kappa shape index (κ2) is 13.6. The van der Waals surface area contributed by atoms with Crippen LogP contribution in [0.25, 0.3) is 10.2 Å². The molecule has 2 aromatic heterocycles. The fourth-order valence-corrected chi connectivity index (χ4v) is 7.98. The summed E-state index contributed by atoms with van der Waals surface area (Å²) in [7, 11) is 0. The number of hydrogen-bond acceptors (Lipinski definition) is 8. The van der Waals surface area contributed by atoms with E-state index in [4.69, 9.17) is 4.74 Å². The fraction of sp³-hybridized carbons (Fsp3) is 0.297. The molecule has 0 aliphatic carbocycles. The molecular formula is C37H35N7O5S. The van der Waals surface area contributed by atoms with Crippen LogP contribution in [0.1, 0.15) is 47.8 Å². The summed E-state index contributed by atoms with van der Waals surface area (Å²) in [5.74, 6) is 0.479. The highest BCUT2D eigenvalue weighted by Gasteiger charge is 2.35. The number of benzene rings is 2. The molecule has 12 nitrogen and oxygen atoms in total. The molecule has 3 aliphatic rings. The molecule has 3 aliphatic heterocycles. The number of ether oxygens (including phenoxy) is 1. The molecule has 2 atom stereocenters. The Morgan fingerprint density at radius 2 is 1.86 bits per heavy atom. The first-order valence-corrected chi connectivity index (χ1v) is 17.4. The molecule has 0 saturated carbocycles. The Hall–Kier alpha value is -5.74. The van der Waals surface area contributed by atoms with E-state index in [0.29, 0.717) is 76.0 Å².